The van der Waals surface area contributed by atoms with Crippen molar-refractivity contribution in [1.29, 1.82) is 0 Å². The molecule has 0 aliphatic rings. The number of carbonyl (C=O) groups excluding carboxylic acids is 1. The molecule has 3 heterocycles. The number of thioether (sulfide) groups is 1. The summed E-state index contributed by atoms with van der Waals surface area (Å²) in [6.07, 6.45) is 0. The van der Waals surface area contributed by atoms with Crippen LogP contribution in [0.3, 0.4) is 0 Å². The average Bonchev–Trinajstić information content (AvgIpc) is 3.42. The second kappa shape index (κ2) is 8.44. The van der Waals surface area contributed by atoms with Crippen molar-refractivity contribution in [2.45, 2.75) is 5.16 Å². The van der Waals surface area contributed by atoms with Gasteiger partial charge in [0.1, 0.15) is 0 Å². The number of benzene rings is 1. The molecule has 0 spiro atoms. The molecule has 0 unspecified atom stereocenters. The van der Waals surface area contributed by atoms with Gasteiger partial charge in [0.25, 0.3) is 0 Å². The number of thiophene rings is 1. The van der Waals surface area contributed by atoms with Crippen LogP contribution in [0.2, 0.25) is 5.02 Å². The standard InChI is InChI=1S/C18H14ClN5OS3/c1-24-16(14-3-2-8-26-14)22-23-18(24)28-10-15(25)21-17-20-13(9-27-17)11-4-6-12(19)7-5-11/h2-9H,10H2,1H3,(H,20,21,25). The Labute approximate surface area is 178 Å². The van der Waals surface area contributed by atoms with Crippen LogP contribution in [-0.4, -0.2) is 31.4 Å². The van der Waals surface area contributed by atoms with E-state index in [1.54, 1.807) is 11.3 Å². The predicted octanol–water partition coefficient (Wildman–Crippen LogP) is 5.05. The first-order valence-electron chi connectivity index (χ1n) is 8.17. The van der Waals surface area contributed by atoms with Crippen molar-refractivity contribution >= 4 is 57.1 Å². The van der Waals surface area contributed by atoms with Gasteiger partial charge in [0, 0.05) is 23.0 Å². The zero-order chi connectivity index (χ0) is 19.5. The maximum absolute atomic E-state index is 12.3. The molecule has 0 saturated heterocycles. The lowest BCUT2D eigenvalue weighted by atomic mass is 10.2. The number of nitrogens with one attached hydrogen (secondary N) is 1. The van der Waals surface area contributed by atoms with Gasteiger partial charge in [-0.2, -0.15) is 0 Å². The SMILES string of the molecule is Cn1c(SCC(=O)Nc2nc(-c3ccc(Cl)cc3)cs2)nnc1-c1cccs1. The third-order valence-electron chi connectivity index (χ3n) is 3.80. The molecule has 3 aromatic heterocycles. The predicted molar refractivity (Wildman–Crippen MR) is 116 cm³/mol. The van der Waals surface area contributed by atoms with E-state index in [1.807, 2.05) is 58.8 Å². The molecule has 142 valence electrons. The number of amides is 1. The minimum Gasteiger partial charge on any atom is -0.304 e. The Morgan fingerprint density at radius 3 is 2.79 bits per heavy atom. The molecule has 0 aliphatic heterocycles. The van der Waals surface area contributed by atoms with Crippen molar-refractivity contribution in [2.75, 3.05) is 11.1 Å². The van der Waals surface area contributed by atoms with Gasteiger partial charge in [-0.15, -0.1) is 32.9 Å². The lowest BCUT2D eigenvalue weighted by Crippen LogP contribution is -2.14. The summed E-state index contributed by atoms with van der Waals surface area (Å²) in [5.41, 5.74) is 1.76. The molecule has 0 fully saturated rings. The molecule has 0 radical (unpaired) electrons. The number of thiazole rings is 1. The Kier molecular flexibility index (Phi) is 5.77. The Morgan fingerprint density at radius 1 is 1.21 bits per heavy atom. The number of aromatic nitrogens is 4. The first-order valence-corrected chi connectivity index (χ1v) is 11.3. The minimum atomic E-state index is -0.136. The van der Waals surface area contributed by atoms with Crippen LogP contribution >= 0.6 is 46.0 Å². The molecule has 1 aromatic carbocycles. The molecule has 1 N–H and O–H groups in total. The second-order valence-electron chi connectivity index (χ2n) is 5.72. The summed E-state index contributed by atoms with van der Waals surface area (Å²) in [6.45, 7) is 0. The largest absolute Gasteiger partial charge is 0.304 e. The normalized spacial score (nSPS) is 10.9. The van der Waals surface area contributed by atoms with Gasteiger partial charge in [-0.05, 0) is 23.6 Å². The molecular weight excluding hydrogens is 434 g/mol. The van der Waals surface area contributed by atoms with Crippen LogP contribution in [0.15, 0.2) is 52.3 Å². The van der Waals surface area contributed by atoms with E-state index in [2.05, 4.69) is 20.5 Å². The van der Waals surface area contributed by atoms with Crippen LogP contribution in [0.25, 0.3) is 22.0 Å². The average molecular weight is 448 g/mol. The van der Waals surface area contributed by atoms with Gasteiger partial charge in [0.15, 0.2) is 16.1 Å². The highest BCUT2D eigenvalue weighted by molar-refractivity contribution is 7.99. The summed E-state index contributed by atoms with van der Waals surface area (Å²) in [4.78, 5) is 17.8. The van der Waals surface area contributed by atoms with Crippen molar-refractivity contribution in [3.63, 3.8) is 0 Å². The summed E-state index contributed by atoms with van der Waals surface area (Å²) in [7, 11) is 1.90. The van der Waals surface area contributed by atoms with Crippen LogP contribution in [0.4, 0.5) is 5.13 Å². The summed E-state index contributed by atoms with van der Waals surface area (Å²) in [5, 5.41) is 17.1. The number of carbonyl (C=O) groups is 1. The molecule has 0 atom stereocenters. The van der Waals surface area contributed by atoms with E-state index in [-0.39, 0.29) is 11.7 Å². The summed E-state index contributed by atoms with van der Waals surface area (Å²) < 4.78 is 1.89. The van der Waals surface area contributed by atoms with E-state index in [0.717, 1.165) is 22.0 Å². The van der Waals surface area contributed by atoms with Crippen LogP contribution in [-0.2, 0) is 11.8 Å². The third kappa shape index (κ3) is 4.27. The Hall–Kier alpha value is -2.20. The highest BCUT2D eigenvalue weighted by atomic mass is 35.5. The molecule has 0 saturated carbocycles. The van der Waals surface area contributed by atoms with Gasteiger partial charge >= 0.3 is 0 Å². The minimum absolute atomic E-state index is 0.136. The molecule has 0 aliphatic carbocycles. The second-order valence-corrected chi connectivity index (χ2v) is 8.91. The molecule has 4 aromatic rings. The lowest BCUT2D eigenvalue weighted by molar-refractivity contribution is -0.113. The fourth-order valence-electron chi connectivity index (χ4n) is 2.43. The zero-order valence-electron chi connectivity index (χ0n) is 14.6. The molecule has 10 heteroatoms. The van der Waals surface area contributed by atoms with E-state index in [9.17, 15) is 4.79 Å². The number of hydrogen-bond acceptors (Lipinski definition) is 7. The number of halogens is 1. The van der Waals surface area contributed by atoms with Crippen molar-refractivity contribution in [3.05, 3.63) is 52.2 Å². The van der Waals surface area contributed by atoms with Crippen LogP contribution in [0.5, 0.6) is 0 Å². The van der Waals surface area contributed by atoms with Crippen molar-refractivity contribution in [3.8, 4) is 22.0 Å². The lowest BCUT2D eigenvalue weighted by Gasteiger charge is -2.03. The third-order valence-corrected chi connectivity index (χ3v) is 6.70. The smallest absolute Gasteiger partial charge is 0.236 e. The van der Waals surface area contributed by atoms with Gasteiger partial charge in [-0.3, -0.25) is 4.79 Å². The maximum Gasteiger partial charge on any atom is 0.236 e. The molecule has 28 heavy (non-hydrogen) atoms. The Bertz CT molecular complexity index is 1090. The topological polar surface area (TPSA) is 72.7 Å². The molecule has 0 bridgehead atoms. The summed E-state index contributed by atoms with van der Waals surface area (Å²) >= 11 is 10.2. The molecule has 6 nitrogen and oxygen atoms in total. The van der Waals surface area contributed by atoms with Crippen molar-refractivity contribution in [2.24, 2.45) is 7.05 Å². The van der Waals surface area contributed by atoms with Gasteiger partial charge in [-0.25, -0.2) is 4.98 Å². The first-order chi connectivity index (χ1) is 13.6. The molecular formula is C18H14ClN5OS3. The fourth-order valence-corrected chi connectivity index (χ4v) is 4.75. The fraction of sp³-hybridized carbons (Fsp3) is 0.111. The Balaban J connectivity index is 1.36. The maximum atomic E-state index is 12.3. The monoisotopic (exact) mass is 447 g/mol. The molecule has 1 amide bonds. The van der Waals surface area contributed by atoms with Gasteiger partial charge < -0.3 is 9.88 Å². The van der Waals surface area contributed by atoms with Gasteiger partial charge in [-0.1, -0.05) is 41.6 Å². The summed E-state index contributed by atoms with van der Waals surface area (Å²) in [5.74, 6) is 0.889. The quantitative estimate of drug-likeness (QED) is 0.418. The Morgan fingerprint density at radius 2 is 2.04 bits per heavy atom. The van der Waals surface area contributed by atoms with Crippen molar-refractivity contribution in [1.82, 2.24) is 19.7 Å². The van der Waals surface area contributed by atoms with Gasteiger partial charge in [0.2, 0.25) is 5.91 Å². The van der Waals surface area contributed by atoms with E-state index < -0.39 is 0 Å². The highest BCUT2D eigenvalue weighted by Crippen LogP contribution is 2.28. The summed E-state index contributed by atoms with van der Waals surface area (Å²) in [6, 6.07) is 11.4. The molecule has 4 rings (SSSR count). The van der Waals surface area contributed by atoms with Crippen LogP contribution in [0, 0.1) is 0 Å². The van der Waals surface area contributed by atoms with E-state index in [0.29, 0.717) is 15.3 Å². The number of rotatable bonds is 6. The highest BCUT2D eigenvalue weighted by Gasteiger charge is 2.14. The zero-order valence-corrected chi connectivity index (χ0v) is 17.8. The van der Waals surface area contributed by atoms with Gasteiger partial charge in [0.05, 0.1) is 16.3 Å². The van der Waals surface area contributed by atoms with Crippen LogP contribution < -0.4 is 5.32 Å². The first kappa shape index (κ1) is 19.1. The van der Waals surface area contributed by atoms with E-state index in [4.69, 9.17) is 11.6 Å². The van der Waals surface area contributed by atoms with E-state index >= 15 is 0 Å². The van der Waals surface area contributed by atoms with Crippen LogP contribution in [0.1, 0.15) is 0 Å². The van der Waals surface area contributed by atoms with Crippen molar-refractivity contribution < 1.29 is 4.79 Å². The number of hydrogen-bond donors (Lipinski definition) is 1. The number of anilines is 1. The number of nitrogens with zero attached hydrogens (tertiary/aromatic N) is 4. The van der Waals surface area contributed by atoms with E-state index in [1.165, 1.54) is 23.1 Å².